The molecule has 2 atom stereocenters. The number of nitrogens with zero attached hydrogens (tertiary/aromatic N) is 1. The molecule has 3 aliphatic rings. The average Bonchev–Trinajstić information content (AvgIpc) is 2.55. The predicted octanol–water partition coefficient (Wildman–Crippen LogP) is 2.71. The maximum Gasteiger partial charge on any atom is 0.219 e. The van der Waals surface area contributed by atoms with E-state index < -0.39 is 0 Å². The number of carbonyl (C=O) groups is 1. The molecule has 2 saturated carbocycles. The highest BCUT2D eigenvalue weighted by Crippen LogP contribution is 2.53. The molecule has 1 spiro atoms. The summed E-state index contributed by atoms with van der Waals surface area (Å²) in [5.74, 6) is 0.224. The lowest BCUT2D eigenvalue weighted by Crippen LogP contribution is -2.66. The van der Waals surface area contributed by atoms with E-state index in [0.717, 1.165) is 32.5 Å². The molecule has 1 saturated heterocycles. The average molecular weight is 308 g/mol. The second-order valence-electron chi connectivity index (χ2n) is 7.47. The van der Waals surface area contributed by atoms with Gasteiger partial charge in [0.15, 0.2) is 0 Å². The first-order valence-corrected chi connectivity index (χ1v) is 9.29. The van der Waals surface area contributed by atoms with Crippen molar-refractivity contribution in [1.29, 1.82) is 0 Å². The molecule has 126 valence electrons. The van der Waals surface area contributed by atoms with Gasteiger partial charge in [-0.15, -0.1) is 0 Å². The van der Waals surface area contributed by atoms with Crippen LogP contribution in [-0.4, -0.2) is 48.7 Å². The Morgan fingerprint density at radius 2 is 1.91 bits per heavy atom. The number of nitrogens with one attached hydrogen (secondary N) is 1. The largest absolute Gasteiger partial charge is 0.378 e. The summed E-state index contributed by atoms with van der Waals surface area (Å²) in [6, 6.07) is 1.22. The minimum atomic E-state index is 0.224. The van der Waals surface area contributed by atoms with Gasteiger partial charge in [0.1, 0.15) is 0 Å². The topological polar surface area (TPSA) is 41.6 Å². The molecule has 0 radical (unpaired) electrons. The van der Waals surface area contributed by atoms with Crippen LogP contribution in [0.5, 0.6) is 0 Å². The monoisotopic (exact) mass is 308 g/mol. The summed E-state index contributed by atoms with van der Waals surface area (Å²) in [6.45, 7) is 6.48. The first-order valence-electron chi connectivity index (χ1n) is 9.29. The molecule has 4 nitrogen and oxygen atoms in total. The maximum atomic E-state index is 11.4. The zero-order chi connectivity index (χ0) is 15.6. The molecular formula is C18H32N2O2. The number of ether oxygens (including phenoxy) is 1. The molecule has 0 aromatic rings. The molecule has 3 rings (SSSR count). The van der Waals surface area contributed by atoms with Crippen LogP contribution in [0.2, 0.25) is 0 Å². The number of rotatable bonds is 4. The van der Waals surface area contributed by atoms with Gasteiger partial charge in [-0.1, -0.05) is 19.3 Å². The van der Waals surface area contributed by atoms with Crippen molar-refractivity contribution in [1.82, 2.24) is 10.2 Å². The maximum absolute atomic E-state index is 11.4. The molecule has 1 aliphatic heterocycles. The fraction of sp³-hybridized carbons (Fsp3) is 0.944. The summed E-state index contributed by atoms with van der Waals surface area (Å²) in [5, 5.41) is 3.95. The second-order valence-corrected chi connectivity index (χ2v) is 7.47. The van der Waals surface area contributed by atoms with E-state index >= 15 is 0 Å². The van der Waals surface area contributed by atoms with Crippen LogP contribution in [0, 0.1) is 5.41 Å². The van der Waals surface area contributed by atoms with E-state index in [2.05, 4.69) is 12.2 Å². The summed E-state index contributed by atoms with van der Waals surface area (Å²) in [4.78, 5) is 13.4. The van der Waals surface area contributed by atoms with Crippen molar-refractivity contribution in [3.05, 3.63) is 0 Å². The van der Waals surface area contributed by atoms with Crippen molar-refractivity contribution >= 4 is 5.91 Å². The first-order chi connectivity index (χ1) is 10.7. The van der Waals surface area contributed by atoms with Crippen molar-refractivity contribution in [3.63, 3.8) is 0 Å². The Balaban J connectivity index is 1.55. The minimum absolute atomic E-state index is 0.224. The van der Waals surface area contributed by atoms with Gasteiger partial charge in [-0.25, -0.2) is 0 Å². The van der Waals surface area contributed by atoms with Gasteiger partial charge in [-0.3, -0.25) is 4.79 Å². The molecule has 1 amide bonds. The van der Waals surface area contributed by atoms with Gasteiger partial charge < -0.3 is 15.0 Å². The molecule has 1 heterocycles. The van der Waals surface area contributed by atoms with Crippen molar-refractivity contribution in [3.8, 4) is 0 Å². The number of amides is 1. The smallest absolute Gasteiger partial charge is 0.219 e. The number of likely N-dealkylation sites (tertiary alicyclic amines) is 1. The van der Waals surface area contributed by atoms with Gasteiger partial charge in [0.25, 0.3) is 0 Å². The normalized spacial score (nSPS) is 32.0. The quantitative estimate of drug-likeness (QED) is 0.868. The number of piperidine rings is 1. The van der Waals surface area contributed by atoms with Gasteiger partial charge in [-0.05, 0) is 39.0 Å². The summed E-state index contributed by atoms with van der Waals surface area (Å²) in [6.07, 6.45) is 10.7. The van der Waals surface area contributed by atoms with Crippen LogP contribution in [0.3, 0.4) is 0 Å². The van der Waals surface area contributed by atoms with Crippen LogP contribution in [0.1, 0.15) is 65.2 Å². The molecule has 0 aromatic carbocycles. The SMILES string of the molecule is CCO[C@@H]1C[C@H](NC2CCN(C(C)=O)CC2)C12CCCCC2. The van der Waals surface area contributed by atoms with E-state index in [1.54, 1.807) is 6.92 Å². The Morgan fingerprint density at radius 1 is 1.23 bits per heavy atom. The highest BCUT2D eigenvalue weighted by Gasteiger charge is 2.55. The van der Waals surface area contributed by atoms with Crippen LogP contribution in [0.4, 0.5) is 0 Å². The van der Waals surface area contributed by atoms with Gasteiger partial charge in [0.05, 0.1) is 6.10 Å². The Hall–Kier alpha value is -0.610. The zero-order valence-corrected chi connectivity index (χ0v) is 14.3. The Labute approximate surface area is 135 Å². The van der Waals surface area contributed by atoms with E-state index in [1.807, 2.05) is 4.90 Å². The number of carbonyl (C=O) groups excluding carboxylic acids is 1. The van der Waals surface area contributed by atoms with Crippen molar-refractivity contribution < 1.29 is 9.53 Å². The summed E-state index contributed by atoms with van der Waals surface area (Å²) < 4.78 is 6.05. The highest BCUT2D eigenvalue weighted by molar-refractivity contribution is 5.73. The highest BCUT2D eigenvalue weighted by atomic mass is 16.5. The fourth-order valence-electron chi connectivity index (χ4n) is 4.94. The van der Waals surface area contributed by atoms with Crippen LogP contribution < -0.4 is 5.32 Å². The van der Waals surface area contributed by atoms with E-state index in [0.29, 0.717) is 23.6 Å². The Morgan fingerprint density at radius 3 is 2.50 bits per heavy atom. The first kappa shape index (κ1) is 16.3. The number of hydrogen-bond acceptors (Lipinski definition) is 3. The second kappa shape index (κ2) is 6.88. The molecule has 4 heteroatoms. The third-order valence-electron chi connectivity index (χ3n) is 6.31. The Bertz CT molecular complexity index is 385. The fourth-order valence-corrected chi connectivity index (χ4v) is 4.94. The molecule has 3 fully saturated rings. The standard InChI is InChI=1S/C18H32N2O2/c1-3-22-17-13-16(18(17)9-5-4-6-10-18)19-15-7-11-20(12-8-15)14(2)21/h15-17,19H,3-13H2,1-2H3/t16-,17+/m0/s1. The molecule has 2 aliphatic carbocycles. The van der Waals surface area contributed by atoms with Gasteiger partial charge in [0, 0.05) is 44.1 Å². The van der Waals surface area contributed by atoms with Crippen LogP contribution in [0.15, 0.2) is 0 Å². The van der Waals surface area contributed by atoms with Crippen molar-refractivity contribution in [2.24, 2.45) is 5.41 Å². The van der Waals surface area contributed by atoms with E-state index in [1.165, 1.54) is 38.5 Å². The molecule has 0 aromatic heterocycles. The summed E-state index contributed by atoms with van der Waals surface area (Å²) in [5.41, 5.74) is 0.409. The molecule has 0 unspecified atom stereocenters. The van der Waals surface area contributed by atoms with Crippen molar-refractivity contribution in [2.45, 2.75) is 83.4 Å². The zero-order valence-electron chi connectivity index (χ0n) is 14.3. The van der Waals surface area contributed by atoms with E-state index in [-0.39, 0.29) is 5.91 Å². The van der Waals surface area contributed by atoms with Gasteiger partial charge in [-0.2, -0.15) is 0 Å². The number of hydrogen-bond donors (Lipinski definition) is 1. The Kier molecular flexibility index (Phi) is 5.08. The van der Waals surface area contributed by atoms with E-state index in [9.17, 15) is 4.79 Å². The van der Waals surface area contributed by atoms with E-state index in [4.69, 9.17) is 4.74 Å². The lowest BCUT2D eigenvalue weighted by molar-refractivity contribution is -0.153. The molecular weight excluding hydrogens is 276 g/mol. The van der Waals surface area contributed by atoms with Crippen LogP contribution >= 0.6 is 0 Å². The van der Waals surface area contributed by atoms with Crippen molar-refractivity contribution in [2.75, 3.05) is 19.7 Å². The van der Waals surface area contributed by atoms with Gasteiger partial charge in [0.2, 0.25) is 5.91 Å². The summed E-state index contributed by atoms with van der Waals surface area (Å²) >= 11 is 0. The minimum Gasteiger partial charge on any atom is -0.378 e. The summed E-state index contributed by atoms with van der Waals surface area (Å²) in [7, 11) is 0. The van der Waals surface area contributed by atoms with Crippen LogP contribution in [0.25, 0.3) is 0 Å². The third kappa shape index (κ3) is 3.05. The molecule has 1 N–H and O–H groups in total. The predicted molar refractivity (Wildman–Crippen MR) is 87.7 cm³/mol. The lowest BCUT2D eigenvalue weighted by atomic mass is 9.55. The van der Waals surface area contributed by atoms with Crippen LogP contribution in [-0.2, 0) is 9.53 Å². The third-order valence-corrected chi connectivity index (χ3v) is 6.31. The molecule has 22 heavy (non-hydrogen) atoms. The molecule has 0 bridgehead atoms. The lowest BCUT2D eigenvalue weighted by Gasteiger charge is -2.59. The van der Waals surface area contributed by atoms with Gasteiger partial charge >= 0.3 is 0 Å².